The molecule has 0 aliphatic heterocycles. The highest BCUT2D eigenvalue weighted by Crippen LogP contribution is 2.24. The minimum atomic E-state index is -0.404. The Kier molecular flexibility index (Phi) is 4.15. The van der Waals surface area contributed by atoms with E-state index in [1.165, 1.54) is 31.7 Å². The van der Waals surface area contributed by atoms with Crippen LogP contribution in [0.1, 0.15) is 36.0 Å². The first kappa shape index (κ1) is 12.6. The number of rotatable bonds is 3. The second-order valence-corrected chi connectivity index (χ2v) is 5.25. The van der Waals surface area contributed by atoms with E-state index >= 15 is 0 Å². The van der Waals surface area contributed by atoms with Crippen LogP contribution < -0.4 is 5.32 Å². The number of amides is 1. The number of carbonyl (C=O) groups is 1. The lowest BCUT2D eigenvalue weighted by atomic mass is 10.1. The predicted octanol–water partition coefficient (Wildman–Crippen LogP) is 3.51. The van der Waals surface area contributed by atoms with E-state index in [-0.39, 0.29) is 10.4 Å². The number of hydrogen-bond acceptors (Lipinski definition) is 1. The average Bonchev–Trinajstić information content (AvgIpc) is 2.82. The predicted molar refractivity (Wildman–Crippen MR) is 68.4 cm³/mol. The fourth-order valence-electron chi connectivity index (χ4n) is 2.23. The summed E-state index contributed by atoms with van der Waals surface area (Å²) in [6, 6.07) is 4.50. The Morgan fingerprint density at radius 1 is 1.41 bits per heavy atom. The molecule has 92 valence electrons. The monoisotopic (exact) mass is 299 g/mol. The van der Waals surface area contributed by atoms with Crippen LogP contribution in [-0.4, -0.2) is 12.5 Å². The Bertz CT molecular complexity index is 416. The number of carbonyl (C=O) groups excluding carboxylic acids is 1. The highest BCUT2D eigenvalue weighted by molar-refractivity contribution is 9.10. The Morgan fingerprint density at radius 3 is 2.82 bits per heavy atom. The van der Waals surface area contributed by atoms with Crippen molar-refractivity contribution in [2.75, 3.05) is 6.54 Å². The molecule has 1 aliphatic rings. The van der Waals surface area contributed by atoms with Crippen molar-refractivity contribution in [2.24, 2.45) is 5.92 Å². The van der Waals surface area contributed by atoms with E-state index < -0.39 is 5.82 Å². The standard InChI is InChI=1S/C13H15BrFNO/c14-12-10(6-3-7-11(12)15)13(17)16-8-9-4-1-2-5-9/h3,6-7,9H,1-2,4-5,8H2,(H,16,17). The summed E-state index contributed by atoms with van der Waals surface area (Å²) in [6.07, 6.45) is 4.88. The van der Waals surface area contributed by atoms with Crippen molar-refractivity contribution < 1.29 is 9.18 Å². The Labute approximate surface area is 109 Å². The topological polar surface area (TPSA) is 29.1 Å². The van der Waals surface area contributed by atoms with Crippen molar-refractivity contribution in [1.82, 2.24) is 5.32 Å². The molecular weight excluding hydrogens is 285 g/mol. The van der Waals surface area contributed by atoms with Gasteiger partial charge in [0.1, 0.15) is 5.82 Å². The van der Waals surface area contributed by atoms with Crippen molar-refractivity contribution in [3.63, 3.8) is 0 Å². The van der Waals surface area contributed by atoms with Crippen LogP contribution in [0.5, 0.6) is 0 Å². The number of hydrogen-bond donors (Lipinski definition) is 1. The first-order valence-electron chi connectivity index (χ1n) is 5.90. The zero-order valence-corrected chi connectivity index (χ0v) is 11.1. The van der Waals surface area contributed by atoms with Crippen LogP contribution in [0.15, 0.2) is 22.7 Å². The van der Waals surface area contributed by atoms with Gasteiger partial charge >= 0.3 is 0 Å². The average molecular weight is 300 g/mol. The molecule has 1 aromatic carbocycles. The van der Waals surface area contributed by atoms with E-state index in [0.717, 1.165) is 0 Å². The number of benzene rings is 1. The van der Waals surface area contributed by atoms with E-state index in [4.69, 9.17) is 0 Å². The first-order chi connectivity index (χ1) is 8.18. The lowest BCUT2D eigenvalue weighted by molar-refractivity contribution is 0.0946. The molecule has 0 bridgehead atoms. The summed E-state index contributed by atoms with van der Waals surface area (Å²) in [4.78, 5) is 11.9. The van der Waals surface area contributed by atoms with E-state index in [9.17, 15) is 9.18 Å². The lowest BCUT2D eigenvalue weighted by Gasteiger charge is -2.11. The van der Waals surface area contributed by atoms with Crippen LogP contribution in [0.2, 0.25) is 0 Å². The van der Waals surface area contributed by atoms with Gasteiger partial charge in [-0.1, -0.05) is 18.9 Å². The maximum Gasteiger partial charge on any atom is 0.252 e. The van der Waals surface area contributed by atoms with E-state index in [1.807, 2.05) is 0 Å². The Morgan fingerprint density at radius 2 is 2.12 bits per heavy atom. The fraction of sp³-hybridized carbons (Fsp3) is 0.462. The molecule has 0 heterocycles. The van der Waals surface area contributed by atoms with Gasteiger partial charge in [-0.3, -0.25) is 4.79 Å². The van der Waals surface area contributed by atoms with Gasteiger partial charge in [0, 0.05) is 6.54 Å². The molecule has 2 nitrogen and oxygen atoms in total. The fourth-order valence-corrected chi connectivity index (χ4v) is 2.67. The van der Waals surface area contributed by atoms with Gasteiger partial charge in [-0.15, -0.1) is 0 Å². The van der Waals surface area contributed by atoms with E-state index in [0.29, 0.717) is 18.0 Å². The molecule has 4 heteroatoms. The van der Waals surface area contributed by atoms with Crippen molar-refractivity contribution in [3.8, 4) is 0 Å². The van der Waals surface area contributed by atoms with Crippen LogP contribution in [-0.2, 0) is 0 Å². The summed E-state index contributed by atoms with van der Waals surface area (Å²) < 4.78 is 13.5. The quantitative estimate of drug-likeness (QED) is 0.909. The highest BCUT2D eigenvalue weighted by Gasteiger charge is 2.17. The van der Waals surface area contributed by atoms with Gasteiger partial charge in [0.25, 0.3) is 5.91 Å². The lowest BCUT2D eigenvalue weighted by Crippen LogP contribution is -2.28. The van der Waals surface area contributed by atoms with Crippen molar-refractivity contribution >= 4 is 21.8 Å². The molecule has 0 saturated heterocycles. The molecule has 0 radical (unpaired) electrons. The Balaban J connectivity index is 1.97. The summed E-state index contributed by atoms with van der Waals surface area (Å²) in [7, 11) is 0. The third-order valence-electron chi connectivity index (χ3n) is 3.22. The minimum absolute atomic E-state index is 0.205. The number of nitrogens with one attached hydrogen (secondary N) is 1. The first-order valence-corrected chi connectivity index (χ1v) is 6.70. The summed E-state index contributed by atoms with van der Waals surface area (Å²) >= 11 is 3.10. The van der Waals surface area contributed by atoms with Gasteiger partial charge in [0.2, 0.25) is 0 Å². The highest BCUT2D eigenvalue weighted by atomic mass is 79.9. The van der Waals surface area contributed by atoms with Crippen molar-refractivity contribution in [2.45, 2.75) is 25.7 Å². The summed E-state index contributed by atoms with van der Waals surface area (Å²) in [6.45, 7) is 0.696. The van der Waals surface area contributed by atoms with E-state index in [1.54, 1.807) is 12.1 Å². The third-order valence-corrected chi connectivity index (χ3v) is 4.03. The smallest absolute Gasteiger partial charge is 0.252 e. The molecule has 1 N–H and O–H groups in total. The van der Waals surface area contributed by atoms with Gasteiger partial charge in [0.05, 0.1) is 10.0 Å². The molecule has 1 aromatic rings. The van der Waals surface area contributed by atoms with Crippen molar-refractivity contribution in [1.29, 1.82) is 0 Å². The minimum Gasteiger partial charge on any atom is -0.352 e. The Hall–Kier alpha value is -0.900. The zero-order chi connectivity index (χ0) is 12.3. The van der Waals surface area contributed by atoms with Crippen LogP contribution in [0, 0.1) is 11.7 Å². The van der Waals surface area contributed by atoms with Crippen LogP contribution >= 0.6 is 15.9 Å². The second kappa shape index (κ2) is 5.63. The van der Waals surface area contributed by atoms with Gasteiger partial charge in [-0.25, -0.2) is 4.39 Å². The van der Waals surface area contributed by atoms with E-state index in [2.05, 4.69) is 21.2 Å². The molecule has 1 fully saturated rings. The van der Waals surface area contributed by atoms with Crippen LogP contribution in [0.25, 0.3) is 0 Å². The molecular formula is C13H15BrFNO. The second-order valence-electron chi connectivity index (χ2n) is 4.46. The SMILES string of the molecule is O=C(NCC1CCCC1)c1cccc(F)c1Br. The maximum atomic E-state index is 13.3. The summed E-state index contributed by atoms with van der Waals surface area (Å²) in [5.41, 5.74) is 0.364. The molecule has 17 heavy (non-hydrogen) atoms. The molecule has 0 atom stereocenters. The largest absolute Gasteiger partial charge is 0.352 e. The molecule has 0 unspecified atom stereocenters. The molecule has 1 aliphatic carbocycles. The zero-order valence-electron chi connectivity index (χ0n) is 9.51. The molecule has 1 amide bonds. The molecule has 2 rings (SSSR count). The molecule has 1 saturated carbocycles. The van der Waals surface area contributed by atoms with Gasteiger partial charge in [-0.2, -0.15) is 0 Å². The van der Waals surface area contributed by atoms with Gasteiger partial charge < -0.3 is 5.32 Å². The summed E-state index contributed by atoms with van der Waals surface area (Å²) in [5.74, 6) is -0.0203. The molecule has 0 aromatic heterocycles. The normalized spacial score (nSPS) is 16.1. The van der Waals surface area contributed by atoms with Gasteiger partial charge in [-0.05, 0) is 46.8 Å². The van der Waals surface area contributed by atoms with Gasteiger partial charge in [0.15, 0.2) is 0 Å². The van der Waals surface area contributed by atoms with Crippen LogP contribution in [0.3, 0.4) is 0 Å². The third kappa shape index (κ3) is 3.06. The maximum absolute atomic E-state index is 13.3. The molecule has 0 spiro atoms. The summed E-state index contributed by atoms with van der Waals surface area (Å²) in [5, 5.41) is 2.87. The number of halogens is 2. The van der Waals surface area contributed by atoms with Crippen molar-refractivity contribution in [3.05, 3.63) is 34.1 Å². The van der Waals surface area contributed by atoms with Crippen LogP contribution in [0.4, 0.5) is 4.39 Å².